The van der Waals surface area contributed by atoms with E-state index in [4.69, 9.17) is 4.74 Å². The van der Waals surface area contributed by atoms with Gasteiger partial charge in [-0.15, -0.1) is 11.3 Å². The lowest BCUT2D eigenvalue weighted by molar-refractivity contribution is 0.0505. The fraction of sp³-hybridized carbons (Fsp3) is 0.381. The number of allylic oxidation sites excluding steroid dienone is 2. The van der Waals surface area contributed by atoms with Crippen LogP contribution in [-0.2, 0) is 4.74 Å². The summed E-state index contributed by atoms with van der Waals surface area (Å²) in [5.41, 5.74) is 3.00. The summed E-state index contributed by atoms with van der Waals surface area (Å²) in [4.78, 5) is 15.0. The minimum atomic E-state index is -0.223. The van der Waals surface area contributed by atoms with Crippen molar-refractivity contribution in [2.24, 2.45) is 5.92 Å². The van der Waals surface area contributed by atoms with E-state index >= 15 is 0 Å². The summed E-state index contributed by atoms with van der Waals surface area (Å²) in [7, 11) is 0. The minimum Gasteiger partial charge on any atom is -0.462 e. The van der Waals surface area contributed by atoms with E-state index < -0.39 is 0 Å². The molecule has 25 heavy (non-hydrogen) atoms. The third-order valence-corrected chi connectivity index (χ3v) is 6.19. The molecule has 4 heteroatoms. The molecule has 1 aromatic carbocycles. The summed E-state index contributed by atoms with van der Waals surface area (Å²) >= 11 is 1.87. The third-order valence-electron chi connectivity index (χ3n) is 5.10. The van der Waals surface area contributed by atoms with E-state index in [9.17, 15) is 4.79 Å². The molecule has 3 unspecified atom stereocenters. The summed E-state index contributed by atoms with van der Waals surface area (Å²) in [6.45, 7) is 4.63. The molecule has 3 atom stereocenters. The van der Waals surface area contributed by atoms with Gasteiger partial charge in [0, 0.05) is 21.4 Å². The van der Waals surface area contributed by atoms with Crippen molar-refractivity contribution in [1.82, 2.24) is 0 Å². The van der Waals surface area contributed by atoms with Crippen LogP contribution in [0.15, 0.2) is 42.5 Å². The molecule has 4 rings (SSSR count). The monoisotopic (exact) mass is 353 g/mol. The Morgan fingerprint density at radius 1 is 1.32 bits per heavy atom. The van der Waals surface area contributed by atoms with Crippen LogP contribution in [0.25, 0.3) is 0 Å². The summed E-state index contributed by atoms with van der Waals surface area (Å²) in [5.74, 6) is 0.647. The van der Waals surface area contributed by atoms with Crippen molar-refractivity contribution in [2.45, 2.75) is 38.6 Å². The fourth-order valence-electron chi connectivity index (χ4n) is 3.90. The average molecular weight is 353 g/mol. The molecule has 0 bridgehead atoms. The van der Waals surface area contributed by atoms with Crippen LogP contribution in [0.2, 0.25) is 0 Å². The number of ether oxygens (including phenoxy) is 1. The van der Waals surface area contributed by atoms with Crippen molar-refractivity contribution in [1.29, 1.82) is 0 Å². The molecule has 0 saturated heterocycles. The SMILES string of the molecule is CCCOC(=O)c1ccc2c(c1)C1C=CCC1C(c1ccc(C)s1)N2. The Balaban J connectivity index is 1.67. The van der Waals surface area contributed by atoms with Gasteiger partial charge >= 0.3 is 5.97 Å². The van der Waals surface area contributed by atoms with Gasteiger partial charge in [-0.2, -0.15) is 0 Å². The molecule has 1 aliphatic heterocycles. The molecule has 0 saturated carbocycles. The van der Waals surface area contributed by atoms with Gasteiger partial charge in [0.1, 0.15) is 0 Å². The Kier molecular flexibility index (Phi) is 4.38. The second-order valence-electron chi connectivity index (χ2n) is 6.86. The maximum Gasteiger partial charge on any atom is 0.338 e. The topological polar surface area (TPSA) is 38.3 Å². The van der Waals surface area contributed by atoms with Crippen LogP contribution in [0.5, 0.6) is 0 Å². The second-order valence-corrected chi connectivity index (χ2v) is 8.18. The molecule has 3 nitrogen and oxygen atoms in total. The highest BCUT2D eigenvalue weighted by atomic mass is 32.1. The van der Waals surface area contributed by atoms with Gasteiger partial charge in [-0.25, -0.2) is 4.79 Å². The zero-order chi connectivity index (χ0) is 17.4. The Morgan fingerprint density at radius 2 is 2.20 bits per heavy atom. The second kappa shape index (κ2) is 6.68. The van der Waals surface area contributed by atoms with E-state index in [-0.39, 0.29) is 5.97 Å². The number of esters is 1. The maximum atomic E-state index is 12.2. The first kappa shape index (κ1) is 16.4. The van der Waals surface area contributed by atoms with Gasteiger partial charge in [0.05, 0.1) is 18.2 Å². The number of hydrogen-bond donors (Lipinski definition) is 1. The van der Waals surface area contributed by atoms with Crippen molar-refractivity contribution < 1.29 is 9.53 Å². The van der Waals surface area contributed by atoms with E-state index in [0.29, 0.717) is 30.0 Å². The van der Waals surface area contributed by atoms with Gasteiger partial charge in [0.25, 0.3) is 0 Å². The predicted octanol–water partition coefficient (Wildman–Crippen LogP) is 5.45. The van der Waals surface area contributed by atoms with Gasteiger partial charge in [-0.3, -0.25) is 0 Å². The van der Waals surface area contributed by atoms with Crippen LogP contribution in [-0.4, -0.2) is 12.6 Å². The first-order chi connectivity index (χ1) is 12.2. The molecule has 1 aliphatic carbocycles. The summed E-state index contributed by atoms with van der Waals surface area (Å²) in [6.07, 6.45) is 6.50. The fourth-order valence-corrected chi connectivity index (χ4v) is 4.91. The molecule has 130 valence electrons. The Morgan fingerprint density at radius 3 is 2.96 bits per heavy atom. The summed E-state index contributed by atoms with van der Waals surface area (Å²) in [5, 5.41) is 3.73. The zero-order valence-electron chi connectivity index (χ0n) is 14.6. The molecule has 2 heterocycles. The molecule has 0 radical (unpaired) electrons. The number of fused-ring (bicyclic) bond motifs is 3. The number of benzene rings is 1. The van der Waals surface area contributed by atoms with Crippen molar-refractivity contribution in [3.63, 3.8) is 0 Å². The largest absolute Gasteiger partial charge is 0.462 e. The highest BCUT2D eigenvalue weighted by Gasteiger charge is 2.38. The van der Waals surface area contributed by atoms with Crippen molar-refractivity contribution in [3.05, 3.63) is 63.4 Å². The van der Waals surface area contributed by atoms with Crippen molar-refractivity contribution in [2.75, 3.05) is 11.9 Å². The normalized spacial score (nSPS) is 23.7. The number of carbonyl (C=O) groups excluding carboxylic acids is 1. The minimum absolute atomic E-state index is 0.223. The maximum absolute atomic E-state index is 12.2. The summed E-state index contributed by atoms with van der Waals surface area (Å²) in [6, 6.07) is 10.7. The Labute approximate surface area is 152 Å². The van der Waals surface area contributed by atoms with Crippen LogP contribution < -0.4 is 5.32 Å². The third kappa shape index (κ3) is 2.99. The average Bonchev–Trinajstić information content (AvgIpc) is 3.27. The first-order valence-electron chi connectivity index (χ1n) is 8.98. The molecular formula is C21H23NO2S. The predicted molar refractivity (Wildman–Crippen MR) is 102 cm³/mol. The summed E-state index contributed by atoms with van der Waals surface area (Å²) < 4.78 is 5.30. The van der Waals surface area contributed by atoms with E-state index in [0.717, 1.165) is 18.5 Å². The molecule has 0 amide bonds. The molecule has 2 aromatic rings. The quantitative estimate of drug-likeness (QED) is 0.587. The Bertz CT molecular complexity index is 823. The highest BCUT2D eigenvalue weighted by molar-refractivity contribution is 7.12. The van der Waals surface area contributed by atoms with Crippen LogP contribution in [0.3, 0.4) is 0 Å². The molecule has 2 aliphatic rings. The number of aryl methyl sites for hydroxylation is 1. The van der Waals surface area contributed by atoms with Crippen molar-refractivity contribution in [3.8, 4) is 0 Å². The number of thiophene rings is 1. The van der Waals surface area contributed by atoms with E-state index in [2.05, 4.69) is 36.5 Å². The van der Waals surface area contributed by atoms with Gasteiger partial charge in [0.15, 0.2) is 0 Å². The Hall–Kier alpha value is -2.07. The van der Waals surface area contributed by atoms with Gasteiger partial charge in [0.2, 0.25) is 0 Å². The lowest BCUT2D eigenvalue weighted by Crippen LogP contribution is -2.28. The number of carbonyl (C=O) groups is 1. The first-order valence-corrected chi connectivity index (χ1v) is 9.79. The number of anilines is 1. The number of rotatable bonds is 4. The van der Waals surface area contributed by atoms with Crippen LogP contribution in [0, 0.1) is 12.8 Å². The van der Waals surface area contributed by atoms with Gasteiger partial charge < -0.3 is 10.1 Å². The van der Waals surface area contributed by atoms with Gasteiger partial charge in [-0.1, -0.05) is 19.1 Å². The van der Waals surface area contributed by atoms with E-state index in [1.165, 1.54) is 15.3 Å². The van der Waals surface area contributed by atoms with Gasteiger partial charge in [-0.05, 0) is 61.6 Å². The molecule has 1 aromatic heterocycles. The molecule has 0 fully saturated rings. The lowest BCUT2D eigenvalue weighted by atomic mass is 9.78. The van der Waals surface area contributed by atoms with E-state index in [1.54, 1.807) is 0 Å². The van der Waals surface area contributed by atoms with Crippen LogP contribution >= 0.6 is 11.3 Å². The number of hydrogen-bond acceptors (Lipinski definition) is 4. The molecule has 1 N–H and O–H groups in total. The van der Waals surface area contributed by atoms with Crippen LogP contribution in [0.4, 0.5) is 5.69 Å². The zero-order valence-corrected chi connectivity index (χ0v) is 15.4. The molecular weight excluding hydrogens is 330 g/mol. The highest BCUT2D eigenvalue weighted by Crippen LogP contribution is 2.50. The standard InChI is InChI=1S/C21H23NO2S/c1-3-11-24-21(23)14-8-9-18-17(12-14)15-5-4-6-16(15)20(22-18)19-10-7-13(2)25-19/h4-5,7-10,12,15-16,20,22H,3,6,11H2,1-2H3. The van der Waals surface area contributed by atoms with E-state index in [1.807, 2.05) is 36.5 Å². The lowest BCUT2D eigenvalue weighted by Gasteiger charge is -2.37. The smallest absolute Gasteiger partial charge is 0.338 e. The van der Waals surface area contributed by atoms with Crippen LogP contribution in [0.1, 0.15) is 57.4 Å². The molecule has 0 spiro atoms. The number of nitrogens with one attached hydrogen (secondary N) is 1. The van der Waals surface area contributed by atoms with Crippen molar-refractivity contribution >= 4 is 23.0 Å².